The smallest absolute Gasteiger partial charge is 0.257 e. The molecule has 0 aliphatic carbocycles. The Hall–Kier alpha value is -2.76. The second-order valence-electron chi connectivity index (χ2n) is 5.59. The molecule has 1 atom stereocenters. The van der Waals surface area contributed by atoms with Gasteiger partial charge < -0.3 is 10.2 Å². The van der Waals surface area contributed by atoms with E-state index in [0.29, 0.717) is 19.4 Å². The minimum Gasteiger partial charge on any atom is -0.340 e. The van der Waals surface area contributed by atoms with Gasteiger partial charge in [-0.05, 0) is 37.1 Å². The quantitative estimate of drug-likeness (QED) is 0.941. The first-order valence-corrected chi connectivity index (χ1v) is 7.69. The monoisotopic (exact) mass is 330 g/mol. The predicted molar refractivity (Wildman–Crippen MR) is 85.6 cm³/mol. The van der Waals surface area contributed by atoms with Gasteiger partial charge >= 0.3 is 0 Å². The van der Waals surface area contributed by atoms with Crippen molar-refractivity contribution in [3.8, 4) is 0 Å². The Morgan fingerprint density at radius 3 is 2.38 bits per heavy atom. The summed E-state index contributed by atoms with van der Waals surface area (Å²) in [7, 11) is 0. The molecular weight excluding hydrogens is 314 g/mol. The Morgan fingerprint density at radius 1 is 1.04 bits per heavy atom. The van der Waals surface area contributed by atoms with E-state index in [1.807, 2.05) is 18.2 Å². The van der Waals surface area contributed by atoms with Gasteiger partial charge in [0.05, 0.1) is 0 Å². The summed E-state index contributed by atoms with van der Waals surface area (Å²) in [5.74, 6) is -3.09. The van der Waals surface area contributed by atoms with E-state index in [0.717, 1.165) is 17.8 Å². The largest absolute Gasteiger partial charge is 0.340 e. The second kappa shape index (κ2) is 6.78. The third kappa shape index (κ3) is 3.13. The lowest BCUT2D eigenvalue weighted by molar-refractivity contribution is -0.121. The van der Waals surface area contributed by atoms with E-state index in [2.05, 4.69) is 5.32 Å². The fourth-order valence-corrected chi connectivity index (χ4v) is 2.82. The lowest BCUT2D eigenvalue weighted by Gasteiger charge is -2.32. The molecule has 6 heteroatoms. The van der Waals surface area contributed by atoms with E-state index >= 15 is 0 Å². The molecule has 24 heavy (non-hydrogen) atoms. The van der Waals surface area contributed by atoms with Crippen molar-refractivity contribution in [3.05, 3.63) is 65.7 Å². The molecule has 0 aromatic heterocycles. The van der Waals surface area contributed by atoms with Crippen LogP contribution < -0.4 is 10.2 Å². The molecule has 1 aliphatic rings. The number of hydrogen-bond acceptors (Lipinski definition) is 2. The standard InChI is InChI=1S/C18H16F2N2O2/c19-13-8-4-9-14(20)16(13)17(23)21-15-10-5-11-22(18(15)24)12-6-2-1-3-7-12/h1-4,6-9,15H,5,10-11H2,(H,21,23)/t15-/m0/s1. The summed E-state index contributed by atoms with van der Waals surface area (Å²) in [4.78, 5) is 26.3. The highest BCUT2D eigenvalue weighted by atomic mass is 19.1. The number of rotatable bonds is 3. The topological polar surface area (TPSA) is 49.4 Å². The van der Waals surface area contributed by atoms with Crippen LogP contribution in [0.1, 0.15) is 23.2 Å². The molecule has 0 bridgehead atoms. The average Bonchev–Trinajstić information content (AvgIpc) is 2.57. The SMILES string of the molecule is O=C(N[C@H]1CCCN(c2ccccc2)C1=O)c1c(F)cccc1F. The molecule has 0 saturated carbocycles. The van der Waals surface area contributed by atoms with Crippen LogP contribution in [0.4, 0.5) is 14.5 Å². The fourth-order valence-electron chi connectivity index (χ4n) is 2.82. The van der Waals surface area contributed by atoms with Crippen LogP contribution in [-0.4, -0.2) is 24.4 Å². The summed E-state index contributed by atoms with van der Waals surface area (Å²) < 4.78 is 27.4. The predicted octanol–water partition coefficient (Wildman–Crippen LogP) is 2.89. The zero-order valence-corrected chi connectivity index (χ0v) is 12.8. The van der Waals surface area contributed by atoms with E-state index < -0.39 is 29.1 Å². The lowest BCUT2D eigenvalue weighted by Crippen LogP contribution is -2.52. The average molecular weight is 330 g/mol. The van der Waals surface area contributed by atoms with Crippen LogP contribution in [0.15, 0.2) is 48.5 Å². The van der Waals surface area contributed by atoms with Crippen molar-refractivity contribution >= 4 is 17.5 Å². The van der Waals surface area contributed by atoms with Gasteiger partial charge in [-0.2, -0.15) is 0 Å². The lowest BCUT2D eigenvalue weighted by atomic mass is 10.0. The first-order valence-electron chi connectivity index (χ1n) is 7.69. The number of nitrogens with zero attached hydrogens (tertiary/aromatic N) is 1. The third-order valence-electron chi connectivity index (χ3n) is 4.00. The van der Waals surface area contributed by atoms with Crippen LogP contribution >= 0.6 is 0 Å². The van der Waals surface area contributed by atoms with Gasteiger partial charge in [0, 0.05) is 12.2 Å². The van der Waals surface area contributed by atoms with E-state index in [1.165, 1.54) is 6.07 Å². The molecule has 1 heterocycles. The maximum atomic E-state index is 13.7. The molecular formula is C18H16F2N2O2. The highest BCUT2D eigenvalue weighted by Gasteiger charge is 2.32. The molecule has 0 spiro atoms. The molecule has 124 valence electrons. The van der Waals surface area contributed by atoms with Crippen molar-refractivity contribution < 1.29 is 18.4 Å². The van der Waals surface area contributed by atoms with Gasteiger partial charge in [-0.3, -0.25) is 9.59 Å². The molecule has 0 radical (unpaired) electrons. The minimum absolute atomic E-state index is 0.280. The van der Waals surface area contributed by atoms with Gasteiger partial charge in [0.1, 0.15) is 23.2 Å². The van der Waals surface area contributed by atoms with Crippen molar-refractivity contribution in [2.24, 2.45) is 0 Å². The number of benzene rings is 2. The van der Waals surface area contributed by atoms with Gasteiger partial charge in [0.2, 0.25) is 5.91 Å². The molecule has 3 rings (SSSR count). The Morgan fingerprint density at radius 2 is 1.71 bits per heavy atom. The molecule has 2 aromatic rings. The van der Waals surface area contributed by atoms with Crippen molar-refractivity contribution in [3.63, 3.8) is 0 Å². The molecule has 2 aromatic carbocycles. The van der Waals surface area contributed by atoms with Crippen molar-refractivity contribution in [2.45, 2.75) is 18.9 Å². The van der Waals surface area contributed by atoms with Crippen molar-refractivity contribution in [1.29, 1.82) is 0 Å². The van der Waals surface area contributed by atoms with Crippen LogP contribution in [0, 0.1) is 11.6 Å². The summed E-state index contributed by atoms with van der Waals surface area (Å²) in [6.45, 7) is 0.545. The van der Waals surface area contributed by atoms with Gasteiger partial charge in [0.15, 0.2) is 0 Å². The molecule has 4 nitrogen and oxygen atoms in total. The normalized spacial score (nSPS) is 17.7. The maximum Gasteiger partial charge on any atom is 0.257 e. The van der Waals surface area contributed by atoms with Gasteiger partial charge in [-0.15, -0.1) is 0 Å². The van der Waals surface area contributed by atoms with Crippen LogP contribution in [0.25, 0.3) is 0 Å². The number of hydrogen-bond donors (Lipinski definition) is 1. The van der Waals surface area contributed by atoms with E-state index in [-0.39, 0.29) is 5.91 Å². The number of anilines is 1. The Balaban J connectivity index is 1.78. The third-order valence-corrected chi connectivity index (χ3v) is 4.00. The van der Waals surface area contributed by atoms with Crippen molar-refractivity contribution in [1.82, 2.24) is 5.32 Å². The summed E-state index contributed by atoms with van der Waals surface area (Å²) in [5.41, 5.74) is 0.0701. The number of amides is 2. The number of para-hydroxylation sites is 1. The summed E-state index contributed by atoms with van der Waals surface area (Å²) in [6.07, 6.45) is 1.12. The summed E-state index contributed by atoms with van der Waals surface area (Å²) in [5, 5.41) is 2.46. The fraction of sp³-hybridized carbons (Fsp3) is 0.222. The summed E-state index contributed by atoms with van der Waals surface area (Å²) >= 11 is 0. The first kappa shape index (κ1) is 16.1. The zero-order valence-electron chi connectivity index (χ0n) is 12.8. The first-order chi connectivity index (χ1) is 11.6. The maximum absolute atomic E-state index is 13.7. The highest BCUT2D eigenvalue weighted by molar-refractivity contribution is 6.03. The Bertz CT molecular complexity index is 745. The molecule has 0 unspecified atom stereocenters. The number of nitrogens with one attached hydrogen (secondary N) is 1. The Labute approximate surface area is 138 Å². The second-order valence-corrected chi connectivity index (χ2v) is 5.59. The van der Waals surface area contributed by atoms with Gasteiger partial charge in [0.25, 0.3) is 5.91 Å². The molecule has 1 saturated heterocycles. The van der Waals surface area contributed by atoms with Crippen LogP contribution in [0.2, 0.25) is 0 Å². The van der Waals surface area contributed by atoms with Crippen LogP contribution in [0.5, 0.6) is 0 Å². The van der Waals surface area contributed by atoms with E-state index in [1.54, 1.807) is 17.0 Å². The molecule has 1 N–H and O–H groups in total. The number of carbonyl (C=O) groups excluding carboxylic acids is 2. The van der Waals surface area contributed by atoms with E-state index in [4.69, 9.17) is 0 Å². The van der Waals surface area contributed by atoms with Crippen LogP contribution in [-0.2, 0) is 4.79 Å². The number of halogens is 2. The highest BCUT2D eigenvalue weighted by Crippen LogP contribution is 2.21. The van der Waals surface area contributed by atoms with Crippen LogP contribution in [0.3, 0.4) is 0 Å². The number of carbonyl (C=O) groups is 2. The zero-order chi connectivity index (χ0) is 17.1. The van der Waals surface area contributed by atoms with Gasteiger partial charge in [-0.25, -0.2) is 8.78 Å². The number of piperidine rings is 1. The minimum atomic E-state index is -0.948. The van der Waals surface area contributed by atoms with E-state index in [9.17, 15) is 18.4 Å². The van der Waals surface area contributed by atoms with Gasteiger partial charge in [-0.1, -0.05) is 24.3 Å². The molecule has 2 amide bonds. The van der Waals surface area contributed by atoms with Crippen molar-refractivity contribution in [2.75, 3.05) is 11.4 Å². The molecule has 1 aliphatic heterocycles. The molecule has 1 fully saturated rings. The summed E-state index contributed by atoms with van der Waals surface area (Å²) in [6, 6.07) is 11.5. The Kier molecular flexibility index (Phi) is 4.55.